The highest BCUT2D eigenvalue weighted by Gasteiger charge is 2.34. The molecule has 0 radical (unpaired) electrons. The third-order valence-electron chi connectivity index (χ3n) is 4.22. The standard InChI is InChI=1S/C15H28N2S/c1-5-7-12-11(4)16-15(17-13(12)6-2)14-9-8-10(3)18-14/h10,13-17H,5-9H2,1-4H3. The van der Waals surface area contributed by atoms with Gasteiger partial charge < -0.3 is 5.32 Å². The Morgan fingerprint density at radius 1 is 1.28 bits per heavy atom. The summed E-state index contributed by atoms with van der Waals surface area (Å²) in [4.78, 5) is 0. The Balaban J connectivity index is 2.05. The van der Waals surface area contributed by atoms with Gasteiger partial charge in [0.25, 0.3) is 0 Å². The maximum atomic E-state index is 3.84. The molecule has 0 spiro atoms. The van der Waals surface area contributed by atoms with Gasteiger partial charge in [0.1, 0.15) is 0 Å². The molecular formula is C15H28N2S. The summed E-state index contributed by atoms with van der Waals surface area (Å²) in [6.45, 7) is 9.20. The van der Waals surface area contributed by atoms with E-state index in [9.17, 15) is 0 Å². The topological polar surface area (TPSA) is 24.1 Å². The Morgan fingerprint density at radius 3 is 2.61 bits per heavy atom. The van der Waals surface area contributed by atoms with Crippen LogP contribution < -0.4 is 10.6 Å². The fourth-order valence-electron chi connectivity index (χ4n) is 3.22. The quantitative estimate of drug-likeness (QED) is 0.814. The van der Waals surface area contributed by atoms with Crippen molar-refractivity contribution in [2.75, 3.05) is 0 Å². The second-order valence-corrected chi connectivity index (χ2v) is 7.39. The number of rotatable bonds is 4. The lowest BCUT2D eigenvalue weighted by Crippen LogP contribution is -2.56. The van der Waals surface area contributed by atoms with Gasteiger partial charge in [-0.2, -0.15) is 11.8 Å². The Morgan fingerprint density at radius 2 is 2.06 bits per heavy atom. The predicted molar refractivity (Wildman–Crippen MR) is 81.8 cm³/mol. The first kappa shape index (κ1) is 14.3. The lowest BCUT2D eigenvalue weighted by Gasteiger charge is -2.38. The smallest absolute Gasteiger partial charge is 0.0891 e. The summed E-state index contributed by atoms with van der Waals surface area (Å²) in [7, 11) is 0. The summed E-state index contributed by atoms with van der Waals surface area (Å²) >= 11 is 2.15. The molecular weight excluding hydrogens is 240 g/mol. The van der Waals surface area contributed by atoms with Crippen molar-refractivity contribution in [3.8, 4) is 0 Å². The summed E-state index contributed by atoms with van der Waals surface area (Å²) in [5.74, 6) is 0. The molecule has 3 heteroatoms. The lowest BCUT2D eigenvalue weighted by atomic mass is 9.94. The van der Waals surface area contributed by atoms with Crippen LogP contribution in [0.1, 0.15) is 59.8 Å². The number of hydrogen-bond acceptors (Lipinski definition) is 3. The minimum atomic E-state index is 0.477. The van der Waals surface area contributed by atoms with Crippen molar-refractivity contribution < 1.29 is 0 Å². The zero-order chi connectivity index (χ0) is 13.1. The molecule has 0 amide bonds. The normalized spacial score (nSPS) is 36.9. The highest BCUT2D eigenvalue weighted by Crippen LogP contribution is 2.36. The Bertz CT molecular complexity index is 314. The number of thioether (sulfide) groups is 1. The van der Waals surface area contributed by atoms with Crippen molar-refractivity contribution in [3.05, 3.63) is 11.3 Å². The third-order valence-corrected chi connectivity index (χ3v) is 5.78. The predicted octanol–water partition coefficient (Wildman–Crippen LogP) is 3.64. The van der Waals surface area contributed by atoms with Crippen molar-refractivity contribution >= 4 is 11.8 Å². The van der Waals surface area contributed by atoms with E-state index in [1.165, 1.54) is 37.8 Å². The molecule has 0 bridgehead atoms. The van der Waals surface area contributed by atoms with E-state index in [0.717, 1.165) is 10.5 Å². The molecule has 2 aliphatic heterocycles. The second kappa shape index (κ2) is 6.33. The van der Waals surface area contributed by atoms with Crippen LogP contribution in [0.15, 0.2) is 11.3 Å². The molecule has 2 aliphatic rings. The molecule has 104 valence electrons. The molecule has 2 heterocycles. The van der Waals surface area contributed by atoms with Crippen LogP contribution in [-0.2, 0) is 0 Å². The zero-order valence-electron chi connectivity index (χ0n) is 12.3. The monoisotopic (exact) mass is 268 g/mol. The molecule has 0 aromatic heterocycles. The SMILES string of the molecule is CCCC1=C(C)NC(C2CCC(C)S2)NC1CC. The molecule has 0 saturated carbocycles. The van der Waals surface area contributed by atoms with Crippen molar-refractivity contribution in [1.29, 1.82) is 0 Å². The molecule has 0 aromatic rings. The molecule has 18 heavy (non-hydrogen) atoms. The van der Waals surface area contributed by atoms with Crippen LogP contribution >= 0.6 is 11.8 Å². The van der Waals surface area contributed by atoms with E-state index < -0.39 is 0 Å². The molecule has 4 unspecified atom stereocenters. The first-order valence-electron chi connectivity index (χ1n) is 7.53. The van der Waals surface area contributed by atoms with Gasteiger partial charge in [0.15, 0.2) is 0 Å². The first-order chi connectivity index (χ1) is 8.65. The van der Waals surface area contributed by atoms with Crippen LogP contribution in [0.25, 0.3) is 0 Å². The average molecular weight is 268 g/mol. The largest absolute Gasteiger partial charge is 0.372 e. The summed E-state index contributed by atoms with van der Waals surface area (Å²) in [5, 5.41) is 9.14. The van der Waals surface area contributed by atoms with E-state index in [0.29, 0.717) is 12.2 Å². The van der Waals surface area contributed by atoms with Gasteiger partial charge in [-0.3, -0.25) is 5.32 Å². The Hall–Kier alpha value is -0.150. The summed E-state index contributed by atoms with van der Waals surface area (Å²) in [6, 6.07) is 0.590. The first-order valence-corrected chi connectivity index (χ1v) is 8.47. The Labute approximate surface area is 116 Å². The lowest BCUT2D eigenvalue weighted by molar-refractivity contribution is 0.358. The van der Waals surface area contributed by atoms with Crippen LogP contribution in [0, 0.1) is 0 Å². The molecule has 0 aliphatic carbocycles. The van der Waals surface area contributed by atoms with E-state index in [1.807, 2.05) is 0 Å². The van der Waals surface area contributed by atoms with Gasteiger partial charge in [-0.15, -0.1) is 0 Å². The van der Waals surface area contributed by atoms with Gasteiger partial charge in [0.2, 0.25) is 0 Å². The molecule has 1 saturated heterocycles. The number of allylic oxidation sites excluding steroid dienone is 1. The molecule has 2 nitrogen and oxygen atoms in total. The minimum Gasteiger partial charge on any atom is -0.372 e. The molecule has 4 atom stereocenters. The maximum absolute atomic E-state index is 3.84. The molecule has 2 N–H and O–H groups in total. The molecule has 0 aromatic carbocycles. The second-order valence-electron chi connectivity index (χ2n) is 5.71. The van der Waals surface area contributed by atoms with Crippen LogP contribution in [0.5, 0.6) is 0 Å². The third kappa shape index (κ3) is 3.05. The van der Waals surface area contributed by atoms with Crippen molar-refractivity contribution in [3.63, 3.8) is 0 Å². The number of nitrogens with one attached hydrogen (secondary N) is 2. The molecule has 2 rings (SSSR count). The maximum Gasteiger partial charge on any atom is 0.0891 e. The van der Waals surface area contributed by atoms with E-state index >= 15 is 0 Å². The molecule has 1 fully saturated rings. The van der Waals surface area contributed by atoms with Crippen molar-refractivity contribution in [2.45, 2.75) is 82.5 Å². The van der Waals surface area contributed by atoms with E-state index in [-0.39, 0.29) is 0 Å². The van der Waals surface area contributed by atoms with Crippen LogP contribution in [0.2, 0.25) is 0 Å². The van der Waals surface area contributed by atoms with Crippen molar-refractivity contribution in [2.24, 2.45) is 0 Å². The fraction of sp³-hybridized carbons (Fsp3) is 0.867. The highest BCUT2D eigenvalue weighted by atomic mass is 32.2. The average Bonchev–Trinajstić information content (AvgIpc) is 2.78. The van der Waals surface area contributed by atoms with Gasteiger partial charge in [0.05, 0.1) is 6.17 Å². The highest BCUT2D eigenvalue weighted by molar-refractivity contribution is 8.00. The minimum absolute atomic E-state index is 0.477. The summed E-state index contributed by atoms with van der Waals surface area (Å²) in [6.07, 6.45) is 6.88. The van der Waals surface area contributed by atoms with Gasteiger partial charge >= 0.3 is 0 Å². The van der Waals surface area contributed by atoms with Gasteiger partial charge in [0, 0.05) is 22.2 Å². The summed E-state index contributed by atoms with van der Waals surface area (Å²) in [5.41, 5.74) is 3.04. The van der Waals surface area contributed by atoms with E-state index in [4.69, 9.17) is 0 Å². The fourth-order valence-corrected chi connectivity index (χ4v) is 4.67. The Kier molecular flexibility index (Phi) is 5.02. The van der Waals surface area contributed by atoms with Gasteiger partial charge in [-0.05, 0) is 38.2 Å². The van der Waals surface area contributed by atoms with Crippen LogP contribution in [0.3, 0.4) is 0 Å². The van der Waals surface area contributed by atoms with Gasteiger partial charge in [-0.25, -0.2) is 0 Å². The van der Waals surface area contributed by atoms with E-state index in [1.54, 1.807) is 5.57 Å². The number of hydrogen-bond donors (Lipinski definition) is 2. The van der Waals surface area contributed by atoms with Crippen LogP contribution in [0.4, 0.5) is 0 Å². The van der Waals surface area contributed by atoms with E-state index in [2.05, 4.69) is 50.1 Å². The summed E-state index contributed by atoms with van der Waals surface area (Å²) < 4.78 is 0. The van der Waals surface area contributed by atoms with Crippen LogP contribution in [-0.4, -0.2) is 22.7 Å². The van der Waals surface area contributed by atoms with Crippen molar-refractivity contribution in [1.82, 2.24) is 10.6 Å². The van der Waals surface area contributed by atoms with Gasteiger partial charge in [-0.1, -0.05) is 27.2 Å². The zero-order valence-corrected chi connectivity index (χ0v) is 13.1.